The summed E-state index contributed by atoms with van der Waals surface area (Å²) >= 11 is 0. The lowest BCUT2D eigenvalue weighted by molar-refractivity contribution is 0.901. The third kappa shape index (κ3) is 1.59. The maximum absolute atomic E-state index is 4.80. The van der Waals surface area contributed by atoms with E-state index in [4.69, 9.17) is 4.98 Å². The van der Waals surface area contributed by atoms with Crippen molar-refractivity contribution in [3.05, 3.63) is 35.0 Å². The normalized spacial score (nSPS) is 14.0. The van der Waals surface area contributed by atoms with Crippen LogP contribution in [0, 0.1) is 0 Å². The molecule has 0 atom stereocenters. The maximum atomic E-state index is 4.80. The second kappa shape index (κ2) is 4.02. The van der Waals surface area contributed by atoms with Gasteiger partial charge in [-0.15, -0.1) is 0 Å². The van der Waals surface area contributed by atoms with Crippen LogP contribution in [-0.4, -0.2) is 12.0 Å². The number of fused-ring (bicyclic) bond motifs is 2. The van der Waals surface area contributed by atoms with Crippen molar-refractivity contribution in [3.63, 3.8) is 0 Å². The monoisotopic (exact) mass is 226 g/mol. The van der Waals surface area contributed by atoms with Crippen molar-refractivity contribution in [3.8, 4) is 0 Å². The van der Waals surface area contributed by atoms with Crippen molar-refractivity contribution in [2.24, 2.45) is 0 Å². The van der Waals surface area contributed by atoms with Crippen molar-refractivity contribution >= 4 is 16.6 Å². The van der Waals surface area contributed by atoms with E-state index in [1.54, 1.807) is 0 Å². The molecule has 1 aliphatic carbocycles. The minimum Gasteiger partial charge on any atom is -0.387 e. The van der Waals surface area contributed by atoms with Crippen LogP contribution in [-0.2, 0) is 19.3 Å². The predicted octanol–water partition coefficient (Wildman–Crippen LogP) is 3.33. The van der Waals surface area contributed by atoms with E-state index in [0.29, 0.717) is 0 Å². The van der Waals surface area contributed by atoms with E-state index in [1.165, 1.54) is 40.7 Å². The molecule has 0 radical (unpaired) electrons. The molecule has 1 aromatic heterocycles. The molecule has 0 saturated heterocycles. The van der Waals surface area contributed by atoms with E-state index >= 15 is 0 Å². The van der Waals surface area contributed by atoms with Gasteiger partial charge in [0.05, 0.1) is 5.52 Å². The number of aromatic nitrogens is 1. The number of rotatable bonds is 2. The summed E-state index contributed by atoms with van der Waals surface area (Å²) in [6.07, 6.45) is 4.63. The summed E-state index contributed by atoms with van der Waals surface area (Å²) < 4.78 is 0. The minimum absolute atomic E-state index is 1.08. The van der Waals surface area contributed by atoms with Crippen molar-refractivity contribution in [1.82, 2.24) is 4.98 Å². The molecule has 0 fully saturated rings. The molecule has 1 N–H and O–H groups in total. The first-order chi connectivity index (χ1) is 8.33. The van der Waals surface area contributed by atoms with Gasteiger partial charge in [0.1, 0.15) is 0 Å². The second-order valence-electron chi connectivity index (χ2n) is 4.72. The van der Waals surface area contributed by atoms with Crippen LogP contribution in [0.2, 0.25) is 0 Å². The highest BCUT2D eigenvalue weighted by Gasteiger charge is 2.18. The van der Waals surface area contributed by atoms with Gasteiger partial charge in [-0.25, -0.2) is 0 Å². The summed E-state index contributed by atoms with van der Waals surface area (Å²) in [6.45, 7) is 2.20. The zero-order valence-electron chi connectivity index (χ0n) is 10.5. The first kappa shape index (κ1) is 10.6. The summed E-state index contributed by atoms with van der Waals surface area (Å²) in [5, 5.41) is 4.67. The van der Waals surface area contributed by atoms with Gasteiger partial charge >= 0.3 is 0 Å². The highest BCUT2D eigenvalue weighted by atomic mass is 14.9. The molecule has 0 spiro atoms. The Morgan fingerprint density at radius 1 is 1.29 bits per heavy atom. The smallest absolute Gasteiger partial charge is 0.0726 e. The molecule has 0 bridgehead atoms. The topological polar surface area (TPSA) is 24.9 Å². The van der Waals surface area contributed by atoms with Crippen molar-refractivity contribution in [2.75, 3.05) is 12.4 Å². The number of nitrogens with one attached hydrogen (secondary N) is 1. The quantitative estimate of drug-likeness (QED) is 0.849. The van der Waals surface area contributed by atoms with Gasteiger partial charge in [-0.1, -0.05) is 13.0 Å². The summed E-state index contributed by atoms with van der Waals surface area (Å²) in [7, 11) is 2.02. The Morgan fingerprint density at radius 2 is 2.18 bits per heavy atom. The highest BCUT2D eigenvalue weighted by Crippen LogP contribution is 2.34. The molecule has 0 saturated carbocycles. The summed E-state index contributed by atoms with van der Waals surface area (Å²) in [4.78, 5) is 4.80. The summed E-state index contributed by atoms with van der Waals surface area (Å²) in [5.74, 6) is 0. The predicted molar refractivity (Wildman–Crippen MR) is 72.7 cm³/mol. The molecule has 2 heteroatoms. The van der Waals surface area contributed by atoms with Crippen molar-refractivity contribution < 1.29 is 0 Å². The Hall–Kier alpha value is -1.57. The molecule has 17 heavy (non-hydrogen) atoms. The van der Waals surface area contributed by atoms with E-state index in [9.17, 15) is 0 Å². The second-order valence-corrected chi connectivity index (χ2v) is 4.72. The van der Waals surface area contributed by atoms with Crippen molar-refractivity contribution in [1.29, 1.82) is 0 Å². The van der Waals surface area contributed by atoms with Gasteiger partial charge in [-0.2, -0.15) is 0 Å². The molecule has 0 amide bonds. The zero-order valence-corrected chi connectivity index (χ0v) is 10.5. The van der Waals surface area contributed by atoms with E-state index in [2.05, 4.69) is 30.4 Å². The van der Waals surface area contributed by atoms with Gasteiger partial charge in [0.15, 0.2) is 0 Å². The van der Waals surface area contributed by atoms with Crippen molar-refractivity contribution in [2.45, 2.75) is 32.6 Å². The van der Waals surface area contributed by atoms with Crippen LogP contribution in [0.15, 0.2) is 18.2 Å². The Balaban J connectivity index is 2.33. The molecule has 0 unspecified atom stereocenters. The Bertz CT molecular complexity index is 573. The largest absolute Gasteiger partial charge is 0.387 e. The Morgan fingerprint density at radius 3 is 2.94 bits per heavy atom. The molecule has 0 aliphatic heterocycles. The van der Waals surface area contributed by atoms with Crippen LogP contribution in [0.25, 0.3) is 10.9 Å². The van der Waals surface area contributed by atoms with Gasteiger partial charge in [-0.3, -0.25) is 4.98 Å². The van der Waals surface area contributed by atoms with Gasteiger partial charge in [0, 0.05) is 23.8 Å². The Labute approximate surface area is 102 Å². The number of hydrogen-bond donors (Lipinski definition) is 1. The first-order valence-electron chi connectivity index (χ1n) is 6.45. The van der Waals surface area contributed by atoms with Crippen LogP contribution in [0.5, 0.6) is 0 Å². The molecule has 1 aromatic carbocycles. The molecular formula is C15H18N2. The van der Waals surface area contributed by atoms with Crippen LogP contribution in [0.4, 0.5) is 5.69 Å². The molecule has 1 heterocycles. The number of nitrogens with zero attached hydrogens (tertiary/aromatic N) is 1. The van der Waals surface area contributed by atoms with Gasteiger partial charge in [-0.05, 0) is 48.9 Å². The van der Waals surface area contributed by atoms with Gasteiger partial charge < -0.3 is 5.32 Å². The van der Waals surface area contributed by atoms with Gasteiger partial charge in [0.25, 0.3) is 0 Å². The third-order valence-electron chi connectivity index (χ3n) is 3.73. The average Bonchev–Trinajstić information content (AvgIpc) is 2.82. The lowest BCUT2D eigenvalue weighted by Gasteiger charge is -2.12. The lowest BCUT2D eigenvalue weighted by atomic mass is 10.0. The minimum atomic E-state index is 1.08. The first-order valence-corrected chi connectivity index (χ1v) is 6.45. The fourth-order valence-corrected chi connectivity index (χ4v) is 2.81. The van der Waals surface area contributed by atoms with E-state index < -0.39 is 0 Å². The molecule has 1 aliphatic rings. The number of hydrogen-bond acceptors (Lipinski definition) is 2. The SMILES string of the molecule is CCc1ccc2nc3c(c(NC)c2c1)CCC3. The third-order valence-corrected chi connectivity index (χ3v) is 3.73. The standard InChI is InChI=1S/C15H18N2/c1-3-10-7-8-14-12(9-10)15(16-2)11-5-4-6-13(11)17-14/h7-9H,3-6H2,1-2H3,(H,16,17). The van der Waals surface area contributed by atoms with Crippen LogP contribution in [0.3, 0.4) is 0 Å². The van der Waals surface area contributed by atoms with E-state index in [-0.39, 0.29) is 0 Å². The number of anilines is 1. The van der Waals surface area contributed by atoms with E-state index in [1.807, 2.05) is 7.05 Å². The fraction of sp³-hybridized carbons (Fsp3) is 0.400. The fourth-order valence-electron chi connectivity index (χ4n) is 2.81. The molecule has 3 rings (SSSR count). The number of benzene rings is 1. The zero-order chi connectivity index (χ0) is 11.8. The maximum Gasteiger partial charge on any atom is 0.0726 e. The summed E-state index contributed by atoms with van der Waals surface area (Å²) in [5.41, 5.74) is 6.55. The molecule has 88 valence electrons. The summed E-state index contributed by atoms with van der Waals surface area (Å²) in [6, 6.07) is 6.64. The number of aryl methyl sites for hydroxylation is 2. The Kier molecular flexibility index (Phi) is 2.50. The highest BCUT2D eigenvalue weighted by molar-refractivity contribution is 5.94. The molecule has 2 aromatic rings. The van der Waals surface area contributed by atoms with Crippen LogP contribution < -0.4 is 5.32 Å². The average molecular weight is 226 g/mol. The van der Waals surface area contributed by atoms with E-state index in [0.717, 1.165) is 18.4 Å². The molecule has 2 nitrogen and oxygen atoms in total. The van der Waals surface area contributed by atoms with Crippen LogP contribution in [0.1, 0.15) is 30.2 Å². The number of pyridine rings is 1. The lowest BCUT2D eigenvalue weighted by Crippen LogP contribution is -1.99. The van der Waals surface area contributed by atoms with Gasteiger partial charge in [0.2, 0.25) is 0 Å². The van der Waals surface area contributed by atoms with Crippen LogP contribution >= 0.6 is 0 Å². The molecular weight excluding hydrogens is 208 g/mol.